The molecule has 0 unspecified atom stereocenters. The minimum atomic E-state index is -0.467. The highest BCUT2D eigenvalue weighted by Gasteiger charge is 2.35. The predicted octanol–water partition coefficient (Wildman–Crippen LogP) is 3.12. The second-order valence-corrected chi connectivity index (χ2v) is 6.48. The molecule has 2 aliphatic heterocycles. The van der Waals surface area contributed by atoms with Crippen LogP contribution < -0.4 is 5.32 Å². The molecular formula is C18H12N2O4S. The van der Waals surface area contributed by atoms with Crippen molar-refractivity contribution in [3.8, 4) is 0 Å². The number of benzene rings is 2. The zero-order valence-corrected chi connectivity index (χ0v) is 13.9. The summed E-state index contributed by atoms with van der Waals surface area (Å²) in [7, 11) is 1.31. The maximum absolute atomic E-state index is 12.5. The van der Waals surface area contributed by atoms with E-state index in [-0.39, 0.29) is 10.8 Å². The highest BCUT2D eigenvalue weighted by molar-refractivity contribution is 8.15. The average Bonchev–Trinajstić information content (AvgIpc) is 3.15. The molecule has 0 amide bonds. The van der Waals surface area contributed by atoms with E-state index in [9.17, 15) is 14.8 Å². The summed E-state index contributed by atoms with van der Waals surface area (Å²) < 4.78 is 4.72. The lowest BCUT2D eigenvalue weighted by molar-refractivity contribution is -0.106. The lowest BCUT2D eigenvalue weighted by Gasteiger charge is -2.05. The number of hydrogen-bond acceptors (Lipinski definition) is 7. The number of carbonyl (C=O) groups is 2. The van der Waals surface area contributed by atoms with Gasteiger partial charge in [0.15, 0.2) is 0 Å². The van der Waals surface area contributed by atoms with Crippen LogP contribution in [-0.2, 0) is 9.53 Å². The zero-order valence-electron chi connectivity index (χ0n) is 13.1. The quantitative estimate of drug-likeness (QED) is 0.355. The summed E-state index contributed by atoms with van der Waals surface area (Å²) in [5.41, 5.74) is 3.52. The maximum Gasteiger partial charge on any atom is 0.337 e. The Hall–Kier alpha value is -3.06. The molecule has 2 N–H and O–H groups in total. The third kappa shape index (κ3) is 2.32. The van der Waals surface area contributed by atoms with E-state index in [0.717, 1.165) is 22.2 Å². The number of methoxy groups -OCH3 is 1. The predicted molar refractivity (Wildman–Crippen MR) is 94.0 cm³/mol. The van der Waals surface area contributed by atoms with Gasteiger partial charge in [-0.25, -0.2) is 4.79 Å². The van der Waals surface area contributed by atoms with E-state index in [4.69, 9.17) is 4.74 Å². The third-order valence-corrected chi connectivity index (χ3v) is 5.07. The first-order valence-corrected chi connectivity index (χ1v) is 8.23. The highest BCUT2D eigenvalue weighted by atomic mass is 32.2. The van der Waals surface area contributed by atoms with Crippen molar-refractivity contribution in [1.29, 1.82) is 0 Å². The van der Waals surface area contributed by atoms with Crippen molar-refractivity contribution in [2.75, 3.05) is 12.4 Å². The Balaban J connectivity index is 1.88. The van der Waals surface area contributed by atoms with Crippen molar-refractivity contribution in [2.24, 2.45) is 5.16 Å². The molecule has 0 atom stereocenters. The zero-order chi connectivity index (χ0) is 17.6. The second kappa shape index (κ2) is 5.78. The van der Waals surface area contributed by atoms with Crippen LogP contribution in [0.15, 0.2) is 58.2 Å². The Morgan fingerprint density at radius 1 is 1.20 bits per heavy atom. The molecule has 0 saturated carbocycles. The minimum Gasteiger partial charge on any atom is -0.465 e. The van der Waals surface area contributed by atoms with Gasteiger partial charge in [-0.1, -0.05) is 23.4 Å². The van der Waals surface area contributed by atoms with Gasteiger partial charge in [-0.3, -0.25) is 4.79 Å². The first-order chi connectivity index (χ1) is 12.1. The molecule has 124 valence electrons. The van der Waals surface area contributed by atoms with Crippen molar-refractivity contribution in [3.05, 3.63) is 64.9 Å². The summed E-state index contributed by atoms with van der Waals surface area (Å²) in [5, 5.41) is 15.9. The standard InChI is InChI=1S/C18H12N2O4S/c1-24-17(21)9-6-7-10-12(8-9)19-16(15(10)20-23)14-11-4-2-3-5-13(11)25-18(14)22/h2-8,19,23H,1H3/b16-14-,20-15+. The van der Waals surface area contributed by atoms with Crippen molar-refractivity contribution >= 4 is 39.8 Å². The van der Waals surface area contributed by atoms with Crippen molar-refractivity contribution in [1.82, 2.24) is 0 Å². The van der Waals surface area contributed by atoms with Crippen molar-refractivity contribution in [3.63, 3.8) is 0 Å². The van der Waals surface area contributed by atoms with Gasteiger partial charge in [0.2, 0.25) is 5.12 Å². The van der Waals surface area contributed by atoms with Gasteiger partial charge in [0, 0.05) is 21.7 Å². The first kappa shape index (κ1) is 15.5. The fourth-order valence-electron chi connectivity index (χ4n) is 2.97. The summed E-state index contributed by atoms with van der Waals surface area (Å²) in [6, 6.07) is 12.3. The molecule has 2 aliphatic rings. The van der Waals surface area contributed by atoms with Crippen LogP contribution in [0.2, 0.25) is 0 Å². The fourth-order valence-corrected chi connectivity index (χ4v) is 3.91. The summed E-state index contributed by atoms with van der Waals surface area (Å²) in [5.74, 6) is -0.467. The van der Waals surface area contributed by atoms with Gasteiger partial charge < -0.3 is 15.3 Å². The number of nitrogens with one attached hydrogen (secondary N) is 1. The van der Waals surface area contributed by atoms with Gasteiger partial charge >= 0.3 is 5.97 Å². The molecule has 0 bridgehead atoms. The molecule has 0 saturated heterocycles. The molecule has 0 aliphatic carbocycles. The van der Waals surface area contributed by atoms with E-state index >= 15 is 0 Å². The molecule has 2 aromatic rings. The second-order valence-electron chi connectivity index (χ2n) is 5.46. The Kier molecular flexibility index (Phi) is 3.58. The lowest BCUT2D eigenvalue weighted by atomic mass is 10.0. The summed E-state index contributed by atoms with van der Waals surface area (Å²) in [6.45, 7) is 0. The molecular weight excluding hydrogens is 340 g/mol. The average molecular weight is 352 g/mol. The van der Waals surface area contributed by atoms with Gasteiger partial charge in [0.05, 0.1) is 23.9 Å². The molecule has 0 radical (unpaired) electrons. The van der Waals surface area contributed by atoms with Crippen LogP contribution in [0.5, 0.6) is 0 Å². The SMILES string of the molecule is COC(=O)c1ccc2c(c1)NC(=C1\C(=O)Sc3ccccc31)/C2=N/O. The number of esters is 1. The van der Waals surface area contributed by atoms with Crippen LogP contribution in [0.1, 0.15) is 21.5 Å². The van der Waals surface area contributed by atoms with Crippen LogP contribution in [0.25, 0.3) is 5.57 Å². The molecule has 25 heavy (non-hydrogen) atoms. The fraction of sp³-hybridized carbons (Fsp3) is 0.0556. The summed E-state index contributed by atoms with van der Waals surface area (Å²) in [6.07, 6.45) is 0. The van der Waals surface area contributed by atoms with Crippen LogP contribution in [0, 0.1) is 0 Å². The Labute approximate surface area is 147 Å². The molecule has 0 fully saturated rings. The maximum atomic E-state index is 12.5. The Bertz CT molecular complexity index is 994. The number of allylic oxidation sites excluding steroid dienone is 1. The number of ether oxygens (including phenoxy) is 1. The molecule has 7 heteroatoms. The van der Waals surface area contributed by atoms with Crippen LogP contribution in [0.4, 0.5) is 5.69 Å². The number of carbonyl (C=O) groups excluding carboxylic acids is 2. The van der Waals surface area contributed by atoms with E-state index in [0.29, 0.717) is 28.1 Å². The van der Waals surface area contributed by atoms with Gasteiger partial charge in [0.25, 0.3) is 0 Å². The van der Waals surface area contributed by atoms with E-state index in [1.54, 1.807) is 18.2 Å². The van der Waals surface area contributed by atoms with Crippen LogP contribution in [0.3, 0.4) is 0 Å². The molecule has 4 rings (SSSR count). The summed E-state index contributed by atoms with van der Waals surface area (Å²) >= 11 is 1.14. The molecule has 6 nitrogen and oxygen atoms in total. The Morgan fingerprint density at radius 2 is 2.00 bits per heavy atom. The number of hydrogen-bond donors (Lipinski definition) is 2. The number of nitrogens with zero attached hydrogens (tertiary/aromatic N) is 1. The highest BCUT2D eigenvalue weighted by Crippen LogP contribution is 2.44. The minimum absolute atomic E-state index is 0.120. The van der Waals surface area contributed by atoms with Gasteiger partial charge in [-0.2, -0.15) is 0 Å². The smallest absolute Gasteiger partial charge is 0.337 e. The number of rotatable bonds is 1. The first-order valence-electron chi connectivity index (χ1n) is 7.42. The van der Waals surface area contributed by atoms with E-state index in [2.05, 4.69) is 10.5 Å². The van der Waals surface area contributed by atoms with E-state index in [1.165, 1.54) is 7.11 Å². The topological polar surface area (TPSA) is 88.0 Å². The molecule has 0 aromatic heterocycles. The number of thioether (sulfide) groups is 1. The van der Waals surface area contributed by atoms with Crippen LogP contribution >= 0.6 is 11.8 Å². The van der Waals surface area contributed by atoms with Crippen molar-refractivity contribution < 1.29 is 19.5 Å². The monoisotopic (exact) mass is 352 g/mol. The van der Waals surface area contributed by atoms with Crippen LogP contribution in [-0.4, -0.2) is 29.1 Å². The number of fused-ring (bicyclic) bond motifs is 2. The Morgan fingerprint density at radius 3 is 2.76 bits per heavy atom. The van der Waals surface area contributed by atoms with Gasteiger partial charge in [-0.15, -0.1) is 0 Å². The molecule has 2 aromatic carbocycles. The third-order valence-electron chi connectivity index (χ3n) is 4.11. The largest absolute Gasteiger partial charge is 0.465 e. The molecule has 2 heterocycles. The van der Waals surface area contributed by atoms with E-state index in [1.807, 2.05) is 24.3 Å². The van der Waals surface area contributed by atoms with E-state index < -0.39 is 5.97 Å². The normalized spacial score (nSPS) is 19.6. The van der Waals surface area contributed by atoms with Gasteiger partial charge in [-0.05, 0) is 36.0 Å². The lowest BCUT2D eigenvalue weighted by Crippen LogP contribution is -2.08. The number of anilines is 1. The van der Waals surface area contributed by atoms with Crippen molar-refractivity contribution in [2.45, 2.75) is 4.90 Å². The van der Waals surface area contributed by atoms with Gasteiger partial charge in [0.1, 0.15) is 5.71 Å². The summed E-state index contributed by atoms with van der Waals surface area (Å²) in [4.78, 5) is 25.1. The number of oxime groups is 1. The molecule has 0 spiro atoms.